The number of fused-ring (bicyclic) bond motifs is 1. The standard InChI is InChI=1S/C24H30FN3O2/c1-26-12-4-2-3-5-23(29)21-17-18(6-11-22(21)26)24(30)28-15-13-27(14-16-28)20-9-7-19(25)8-10-20/h6-11,17,23,29H,2-5,12-16H2,1H3. The van der Waals surface area contributed by atoms with E-state index < -0.39 is 6.10 Å². The van der Waals surface area contributed by atoms with Crippen LogP contribution in [0.1, 0.15) is 47.7 Å². The predicted octanol–water partition coefficient (Wildman–Crippen LogP) is 3.83. The monoisotopic (exact) mass is 411 g/mol. The number of carbonyl (C=O) groups is 1. The maximum Gasteiger partial charge on any atom is 0.253 e. The molecule has 1 fully saturated rings. The number of nitrogens with zero attached hydrogens (tertiary/aromatic N) is 3. The number of rotatable bonds is 2. The van der Waals surface area contributed by atoms with Gasteiger partial charge in [-0.15, -0.1) is 0 Å². The molecule has 1 N–H and O–H groups in total. The fraction of sp³-hybridized carbons (Fsp3) is 0.458. The lowest BCUT2D eigenvalue weighted by Crippen LogP contribution is -2.48. The first kappa shape index (κ1) is 20.7. The summed E-state index contributed by atoms with van der Waals surface area (Å²) >= 11 is 0. The summed E-state index contributed by atoms with van der Waals surface area (Å²) < 4.78 is 13.2. The van der Waals surface area contributed by atoms with Gasteiger partial charge in [-0.25, -0.2) is 4.39 Å². The SMILES string of the molecule is CN1CCCCCC(O)c2cc(C(=O)N3CCN(c4ccc(F)cc4)CC3)ccc21. The summed E-state index contributed by atoms with van der Waals surface area (Å²) in [6.45, 7) is 3.63. The normalized spacial score (nSPS) is 20.2. The highest BCUT2D eigenvalue weighted by Gasteiger charge is 2.25. The van der Waals surface area contributed by atoms with Crippen molar-refractivity contribution in [2.45, 2.75) is 31.8 Å². The molecule has 6 heteroatoms. The number of aliphatic hydroxyl groups excluding tert-OH is 1. The molecule has 2 heterocycles. The molecule has 1 saturated heterocycles. The van der Waals surface area contributed by atoms with Gasteiger partial charge in [-0.3, -0.25) is 4.79 Å². The highest BCUT2D eigenvalue weighted by atomic mass is 19.1. The van der Waals surface area contributed by atoms with Gasteiger partial charge in [-0.1, -0.05) is 12.8 Å². The molecule has 0 radical (unpaired) electrons. The Morgan fingerprint density at radius 1 is 0.967 bits per heavy atom. The van der Waals surface area contributed by atoms with Crippen molar-refractivity contribution in [3.05, 3.63) is 59.4 Å². The Labute approximate surface area is 177 Å². The number of hydrogen-bond donors (Lipinski definition) is 1. The first-order valence-electron chi connectivity index (χ1n) is 10.9. The van der Waals surface area contributed by atoms with E-state index in [1.165, 1.54) is 12.1 Å². The lowest BCUT2D eigenvalue weighted by atomic mass is 9.99. The van der Waals surface area contributed by atoms with E-state index in [1.807, 2.05) is 30.1 Å². The molecule has 0 aromatic heterocycles. The molecule has 160 valence electrons. The maximum absolute atomic E-state index is 13.2. The summed E-state index contributed by atoms with van der Waals surface area (Å²) in [4.78, 5) is 19.4. The minimum Gasteiger partial charge on any atom is -0.388 e. The van der Waals surface area contributed by atoms with Crippen molar-refractivity contribution < 1.29 is 14.3 Å². The van der Waals surface area contributed by atoms with Crippen molar-refractivity contribution >= 4 is 17.3 Å². The highest BCUT2D eigenvalue weighted by Crippen LogP contribution is 2.32. The molecule has 2 aromatic rings. The molecule has 4 rings (SSSR count). The molecule has 0 bridgehead atoms. The van der Waals surface area contributed by atoms with Crippen LogP contribution in [0.25, 0.3) is 0 Å². The third kappa shape index (κ3) is 4.43. The van der Waals surface area contributed by atoms with Gasteiger partial charge in [-0.05, 0) is 55.3 Å². The van der Waals surface area contributed by atoms with Crippen LogP contribution >= 0.6 is 0 Å². The van der Waals surface area contributed by atoms with Crippen molar-refractivity contribution in [2.24, 2.45) is 0 Å². The molecule has 0 spiro atoms. The average molecular weight is 412 g/mol. The summed E-state index contributed by atoms with van der Waals surface area (Å²) in [6.07, 6.45) is 3.41. The van der Waals surface area contributed by atoms with Gasteiger partial charge < -0.3 is 19.8 Å². The summed E-state index contributed by atoms with van der Waals surface area (Å²) in [7, 11) is 2.05. The molecule has 2 aromatic carbocycles. The van der Waals surface area contributed by atoms with E-state index >= 15 is 0 Å². The first-order chi connectivity index (χ1) is 14.5. The van der Waals surface area contributed by atoms with Crippen molar-refractivity contribution in [1.82, 2.24) is 4.90 Å². The van der Waals surface area contributed by atoms with Crippen molar-refractivity contribution in [2.75, 3.05) is 49.6 Å². The number of piperazine rings is 1. The molecule has 1 amide bonds. The molecular formula is C24H30FN3O2. The Morgan fingerprint density at radius 2 is 1.70 bits per heavy atom. The third-order valence-electron chi connectivity index (χ3n) is 6.27. The number of benzene rings is 2. The third-order valence-corrected chi connectivity index (χ3v) is 6.27. The average Bonchev–Trinajstić information content (AvgIpc) is 2.84. The molecule has 30 heavy (non-hydrogen) atoms. The molecule has 5 nitrogen and oxygen atoms in total. The van der Waals surface area contributed by atoms with Gasteiger partial charge >= 0.3 is 0 Å². The maximum atomic E-state index is 13.2. The number of amides is 1. The lowest BCUT2D eigenvalue weighted by Gasteiger charge is -2.36. The minimum absolute atomic E-state index is 0.00582. The zero-order valence-corrected chi connectivity index (χ0v) is 17.6. The second-order valence-corrected chi connectivity index (χ2v) is 8.32. The summed E-state index contributed by atoms with van der Waals surface area (Å²) in [5, 5.41) is 10.7. The molecular weight excluding hydrogens is 381 g/mol. The van der Waals surface area contributed by atoms with Crippen LogP contribution in [-0.4, -0.2) is 55.7 Å². The second kappa shape index (κ2) is 9.04. The Balaban J connectivity index is 1.47. The van der Waals surface area contributed by atoms with Crippen molar-refractivity contribution in [3.8, 4) is 0 Å². The fourth-order valence-corrected chi connectivity index (χ4v) is 4.44. The van der Waals surface area contributed by atoms with Crippen LogP contribution in [0.15, 0.2) is 42.5 Å². The number of hydrogen-bond acceptors (Lipinski definition) is 4. The number of aliphatic hydroxyl groups is 1. The lowest BCUT2D eigenvalue weighted by molar-refractivity contribution is 0.0746. The van der Waals surface area contributed by atoms with Gasteiger partial charge in [0.2, 0.25) is 0 Å². The van der Waals surface area contributed by atoms with Gasteiger partial charge in [0.05, 0.1) is 6.10 Å². The molecule has 1 unspecified atom stereocenters. The number of carbonyl (C=O) groups excluding carboxylic acids is 1. The van der Waals surface area contributed by atoms with E-state index in [-0.39, 0.29) is 11.7 Å². The van der Waals surface area contributed by atoms with Crippen LogP contribution in [0.3, 0.4) is 0 Å². The highest BCUT2D eigenvalue weighted by molar-refractivity contribution is 5.95. The Bertz CT molecular complexity index is 879. The summed E-state index contributed by atoms with van der Waals surface area (Å²) in [6, 6.07) is 12.2. The molecule has 0 aliphatic carbocycles. The van der Waals surface area contributed by atoms with Crippen molar-refractivity contribution in [3.63, 3.8) is 0 Å². The van der Waals surface area contributed by atoms with E-state index in [0.717, 1.165) is 49.2 Å². The van der Waals surface area contributed by atoms with E-state index in [2.05, 4.69) is 9.80 Å². The van der Waals surface area contributed by atoms with Crippen LogP contribution in [-0.2, 0) is 0 Å². The molecule has 2 aliphatic rings. The molecule has 1 atom stereocenters. The summed E-state index contributed by atoms with van der Waals surface area (Å²) in [5.41, 5.74) is 3.49. The van der Waals surface area contributed by atoms with Crippen LogP contribution < -0.4 is 9.80 Å². The Morgan fingerprint density at radius 3 is 2.43 bits per heavy atom. The van der Waals surface area contributed by atoms with Crippen LogP contribution in [0.5, 0.6) is 0 Å². The quantitative estimate of drug-likeness (QED) is 0.816. The van der Waals surface area contributed by atoms with Gasteiger partial charge in [-0.2, -0.15) is 0 Å². The number of halogens is 1. The second-order valence-electron chi connectivity index (χ2n) is 8.32. The topological polar surface area (TPSA) is 47.0 Å². The van der Waals surface area contributed by atoms with E-state index in [0.29, 0.717) is 31.7 Å². The first-order valence-corrected chi connectivity index (χ1v) is 10.9. The summed E-state index contributed by atoms with van der Waals surface area (Å²) in [5.74, 6) is -0.235. The fourth-order valence-electron chi connectivity index (χ4n) is 4.44. The smallest absolute Gasteiger partial charge is 0.253 e. The van der Waals surface area contributed by atoms with E-state index in [4.69, 9.17) is 0 Å². The largest absolute Gasteiger partial charge is 0.388 e. The molecule has 2 aliphatic heterocycles. The zero-order valence-electron chi connectivity index (χ0n) is 17.6. The van der Waals surface area contributed by atoms with E-state index in [9.17, 15) is 14.3 Å². The van der Waals surface area contributed by atoms with Gasteiger partial charge in [0.15, 0.2) is 0 Å². The Kier molecular flexibility index (Phi) is 6.23. The minimum atomic E-state index is -0.538. The van der Waals surface area contributed by atoms with Crippen LogP contribution in [0, 0.1) is 5.82 Å². The predicted molar refractivity (Wildman–Crippen MR) is 118 cm³/mol. The van der Waals surface area contributed by atoms with Gasteiger partial charge in [0, 0.05) is 62.3 Å². The van der Waals surface area contributed by atoms with Gasteiger partial charge in [0.25, 0.3) is 5.91 Å². The number of anilines is 2. The Hall–Kier alpha value is -2.60. The van der Waals surface area contributed by atoms with Crippen LogP contribution in [0.2, 0.25) is 0 Å². The zero-order chi connectivity index (χ0) is 21.1. The van der Waals surface area contributed by atoms with E-state index in [1.54, 1.807) is 12.1 Å². The molecule has 0 saturated carbocycles. The van der Waals surface area contributed by atoms with Crippen LogP contribution in [0.4, 0.5) is 15.8 Å². The van der Waals surface area contributed by atoms with Gasteiger partial charge in [0.1, 0.15) is 5.82 Å². The van der Waals surface area contributed by atoms with Crippen molar-refractivity contribution in [1.29, 1.82) is 0 Å².